The van der Waals surface area contributed by atoms with E-state index in [9.17, 15) is 4.79 Å². The first-order chi connectivity index (χ1) is 8.74. The minimum Gasteiger partial charge on any atom is -0.481 e. The zero-order chi connectivity index (χ0) is 12.8. The molecule has 3 heteroatoms. The second-order valence-electron chi connectivity index (χ2n) is 3.82. The van der Waals surface area contributed by atoms with Crippen molar-refractivity contribution in [1.29, 1.82) is 0 Å². The van der Waals surface area contributed by atoms with Crippen molar-refractivity contribution in [2.45, 2.75) is 12.8 Å². The zero-order valence-electron chi connectivity index (χ0n) is 9.72. The number of rotatable bonds is 3. The number of aryl methyl sites for hydroxylation is 1. The SMILES string of the molecule is O=C(O)CCc1ccc(C#Cc2cccs2)cc1. The van der Waals surface area contributed by atoms with E-state index in [0.29, 0.717) is 6.42 Å². The lowest BCUT2D eigenvalue weighted by Crippen LogP contribution is -1.97. The molecule has 0 aliphatic heterocycles. The Labute approximate surface area is 110 Å². The van der Waals surface area contributed by atoms with Gasteiger partial charge < -0.3 is 5.11 Å². The number of aliphatic carboxylic acids is 1. The fourth-order valence-electron chi connectivity index (χ4n) is 1.49. The van der Waals surface area contributed by atoms with E-state index in [1.165, 1.54) is 0 Å². The van der Waals surface area contributed by atoms with Crippen LogP contribution in [0.1, 0.15) is 22.4 Å². The molecule has 1 heterocycles. The number of carboxylic acid groups (broad SMARTS) is 1. The van der Waals surface area contributed by atoms with Crippen molar-refractivity contribution >= 4 is 17.3 Å². The van der Waals surface area contributed by atoms with Crippen LogP contribution in [-0.2, 0) is 11.2 Å². The van der Waals surface area contributed by atoms with Gasteiger partial charge in [0.15, 0.2) is 0 Å². The first kappa shape index (κ1) is 12.4. The normalized spacial score (nSPS) is 9.56. The summed E-state index contributed by atoms with van der Waals surface area (Å²) in [4.78, 5) is 11.5. The van der Waals surface area contributed by atoms with Crippen LogP contribution in [0.4, 0.5) is 0 Å². The van der Waals surface area contributed by atoms with E-state index in [2.05, 4.69) is 11.8 Å². The van der Waals surface area contributed by atoms with E-state index in [1.54, 1.807) is 11.3 Å². The Hall–Kier alpha value is -2.05. The Morgan fingerprint density at radius 3 is 2.56 bits per heavy atom. The van der Waals surface area contributed by atoms with Gasteiger partial charge in [-0.3, -0.25) is 4.79 Å². The van der Waals surface area contributed by atoms with Gasteiger partial charge in [-0.25, -0.2) is 0 Å². The van der Waals surface area contributed by atoms with Gasteiger partial charge in [0.1, 0.15) is 0 Å². The number of thiophene rings is 1. The third kappa shape index (κ3) is 3.76. The molecule has 0 aliphatic carbocycles. The number of benzene rings is 1. The second-order valence-corrected chi connectivity index (χ2v) is 4.77. The van der Waals surface area contributed by atoms with Gasteiger partial charge in [-0.05, 0) is 35.6 Å². The van der Waals surface area contributed by atoms with Crippen LogP contribution >= 0.6 is 11.3 Å². The molecule has 2 nitrogen and oxygen atoms in total. The number of hydrogen-bond acceptors (Lipinski definition) is 2. The molecule has 0 saturated heterocycles. The predicted molar refractivity (Wildman–Crippen MR) is 72.7 cm³/mol. The molecule has 1 N–H and O–H groups in total. The summed E-state index contributed by atoms with van der Waals surface area (Å²) in [6, 6.07) is 11.7. The molecule has 0 radical (unpaired) electrons. The summed E-state index contributed by atoms with van der Waals surface area (Å²) in [5.41, 5.74) is 1.97. The Morgan fingerprint density at radius 2 is 1.94 bits per heavy atom. The molecule has 0 aliphatic rings. The van der Waals surface area contributed by atoms with Crippen LogP contribution in [0.25, 0.3) is 0 Å². The highest BCUT2D eigenvalue weighted by atomic mass is 32.1. The maximum atomic E-state index is 10.5. The van der Waals surface area contributed by atoms with Gasteiger partial charge in [-0.15, -0.1) is 11.3 Å². The van der Waals surface area contributed by atoms with Crippen molar-refractivity contribution in [3.63, 3.8) is 0 Å². The van der Waals surface area contributed by atoms with Crippen molar-refractivity contribution in [1.82, 2.24) is 0 Å². The molecule has 0 atom stereocenters. The monoisotopic (exact) mass is 256 g/mol. The smallest absolute Gasteiger partial charge is 0.303 e. The standard InChI is InChI=1S/C15H12O2S/c16-15(17)10-8-13-5-3-12(4-6-13)7-9-14-2-1-11-18-14/h1-6,11H,8,10H2,(H,16,17). The Kier molecular flexibility index (Phi) is 4.16. The first-order valence-corrected chi connectivity index (χ1v) is 6.48. The second kappa shape index (κ2) is 6.04. The van der Waals surface area contributed by atoms with Gasteiger partial charge in [0.05, 0.1) is 4.88 Å². The molecule has 2 aromatic rings. The molecule has 0 unspecified atom stereocenters. The molecular formula is C15H12O2S. The number of carbonyl (C=O) groups is 1. The summed E-state index contributed by atoms with van der Waals surface area (Å²) in [5.74, 6) is 5.40. The Bertz CT molecular complexity index is 571. The first-order valence-electron chi connectivity index (χ1n) is 5.60. The number of hydrogen-bond donors (Lipinski definition) is 1. The molecule has 0 amide bonds. The van der Waals surface area contributed by atoms with Gasteiger partial charge in [-0.1, -0.05) is 30.0 Å². The highest BCUT2D eigenvalue weighted by Gasteiger charge is 1.98. The summed E-state index contributed by atoms with van der Waals surface area (Å²) in [5, 5.41) is 10.6. The topological polar surface area (TPSA) is 37.3 Å². The highest BCUT2D eigenvalue weighted by Crippen LogP contribution is 2.08. The van der Waals surface area contributed by atoms with Gasteiger partial charge in [0.25, 0.3) is 0 Å². The summed E-state index contributed by atoms with van der Waals surface area (Å²) in [7, 11) is 0. The van der Waals surface area contributed by atoms with Crippen LogP contribution in [0.5, 0.6) is 0 Å². The maximum Gasteiger partial charge on any atom is 0.303 e. The van der Waals surface area contributed by atoms with E-state index < -0.39 is 5.97 Å². The number of carboxylic acids is 1. The van der Waals surface area contributed by atoms with E-state index in [4.69, 9.17) is 5.11 Å². The quantitative estimate of drug-likeness (QED) is 0.856. The molecule has 0 fully saturated rings. The van der Waals surface area contributed by atoms with Crippen LogP contribution < -0.4 is 0 Å². The van der Waals surface area contributed by atoms with E-state index in [0.717, 1.165) is 16.0 Å². The largest absolute Gasteiger partial charge is 0.481 e. The lowest BCUT2D eigenvalue weighted by molar-refractivity contribution is -0.136. The van der Waals surface area contributed by atoms with Crippen molar-refractivity contribution in [3.05, 3.63) is 57.8 Å². The highest BCUT2D eigenvalue weighted by molar-refractivity contribution is 7.10. The van der Waals surface area contributed by atoms with Crippen molar-refractivity contribution in [3.8, 4) is 11.8 Å². The Morgan fingerprint density at radius 1 is 1.17 bits per heavy atom. The van der Waals surface area contributed by atoms with Crippen LogP contribution in [-0.4, -0.2) is 11.1 Å². The van der Waals surface area contributed by atoms with Crippen molar-refractivity contribution in [2.75, 3.05) is 0 Å². The molecule has 1 aromatic carbocycles. The third-order valence-electron chi connectivity index (χ3n) is 2.43. The molecule has 90 valence electrons. The predicted octanol–water partition coefficient (Wildman–Crippen LogP) is 3.17. The van der Waals surface area contributed by atoms with Crippen LogP contribution in [0, 0.1) is 11.8 Å². The van der Waals surface area contributed by atoms with E-state index >= 15 is 0 Å². The maximum absolute atomic E-state index is 10.5. The summed E-state index contributed by atoms with van der Waals surface area (Å²) in [6.07, 6.45) is 0.730. The van der Waals surface area contributed by atoms with Crippen LogP contribution in [0.15, 0.2) is 41.8 Å². The minimum absolute atomic E-state index is 0.167. The average molecular weight is 256 g/mol. The van der Waals surface area contributed by atoms with Gasteiger partial charge >= 0.3 is 5.97 Å². The molecule has 2 rings (SSSR count). The van der Waals surface area contributed by atoms with E-state index in [-0.39, 0.29) is 6.42 Å². The molecule has 18 heavy (non-hydrogen) atoms. The summed E-state index contributed by atoms with van der Waals surface area (Å²) in [6.45, 7) is 0. The molecule has 1 aromatic heterocycles. The van der Waals surface area contributed by atoms with E-state index in [1.807, 2.05) is 41.8 Å². The fourth-order valence-corrected chi connectivity index (χ4v) is 2.06. The third-order valence-corrected chi connectivity index (χ3v) is 3.22. The molecular weight excluding hydrogens is 244 g/mol. The average Bonchev–Trinajstić information content (AvgIpc) is 2.88. The fraction of sp³-hybridized carbons (Fsp3) is 0.133. The van der Waals surface area contributed by atoms with Crippen molar-refractivity contribution in [2.24, 2.45) is 0 Å². The summed E-state index contributed by atoms with van der Waals surface area (Å²) < 4.78 is 0. The zero-order valence-corrected chi connectivity index (χ0v) is 10.5. The lowest BCUT2D eigenvalue weighted by atomic mass is 10.1. The van der Waals surface area contributed by atoms with Gasteiger partial charge in [0.2, 0.25) is 0 Å². The van der Waals surface area contributed by atoms with Gasteiger partial charge in [-0.2, -0.15) is 0 Å². The molecule has 0 spiro atoms. The lowest BCUT2D eigenvalue weighted by Gasteiger charge is -1.98. The summed E-state index contributed by atoms with van der Waals surface area (Å²) >= 11 is 1.62. The van der Waals surface area contributed by atoms with Crippen LogP contribution in [0.3, 0.4) is 0 Å². The van der Waals surface area contributed by atoms with Gasteiger partial charge in [0, 0.05) is 12.0 Å². The van der Waals surface area contributed by atoms with Crippen molar-refractivity contribution < 1.29 is 9.90 Å². The Balaban J connectivity index is 2.01. The molecule has 0 bridgehead atoms. The minimum atomic E-state index is -0.767. The van der Waals surface area contributed by atoms with Crippen LogP contribution in [0.2, 0.25) is 0 Å². The molecule has 0 saturated carbocycles.